The van der Waals surface area contributed by atoms with Crippen molar-refractivity contribution in [3.05, 3.63) is 35.4 Å². The van der Waals surface area contributed by atoms with Crippen molar-refractivity contribution >= 4 is 12.1 Å². The number of aliphatic hydroxyl groups is 1. The number of halogens is 2. The fourth-order valence-electron chi connectivity index (χ4n) is 3.92. The van der Waals surface area contributed by atoms with Gasteiger partial charge >= 0.3 is 12.1 Å². The van der Waals surface area contributed by atoms with E-state index in [0.29, 0.717) is 5.56 Å². The molecule has 3 rings (SSSR count). The average molecular weight is 397 g/mol. The Bertz CT molecular complexity index is 743. The van der Waals surface area contributed by atoms with E-state index in [1.807, 2.05) is 0 Å². The third-order valence-corrected chi connectivity index (χ3v) is 4.91. The molecule has 1 N–H and O–H groups in total. The Hall–Kier alpha value is -2.22. The molecule has 1 aromatic carbocycles. The Labute approximate surface area is 162 Å². The molecule has 0 radical (unpaired) electrons. The predicted molar refractivity (Wildman–Crippen MR) is 95.4 cm³/mol. The molecule has 0 aromatic heterocycles. The standard InChI is InChI=1S/C20H25F2NO5/c1-20(2,3)28-19(26)23-10-15(24)9-16(23)18-12(7-17(25)27-18)4-11-5-13(21)8-14(22)6-11/h5-6,8,12,15-16,18,24H,4,7,9-10H2,1-3H3/t12-,15-,16+,18+/m1/s1. The Morgan fingerprint density at radius 2 is 1.93 bits per heavy atom. The summed E-state index contributed by atoms with van der Waals surface area (Å²) in [7, 11) is 0. The van der Waals surface area contributed by atoms with Crippen molar-refractivity contribution in [1.29, 1.82) is 0 Å². The van der Waals surface area contributed by atoms with Gasteiger partial charge in [-0.3, -0.25) is 9.69 Å². The van der Waals surface area contributed by atoms with Crippen LogP contribution < -0.4 is 0 Å². The first-order valence-corrected chi connectivity index (χ1v) is 9.34. The molecule has 1 aromatic rings. The van der Waals surface area contributed by atoms with Crippen LogP contribution in [0.1, 0.15) is 39.2 Å². The Balaban J connectivity index is 1.80. The van der Waals surface area contributed by atoms with Crippen molar-refractivity contribution in [2.24, 2.45) is 5.92 Å². The first-order chi connectivity index (χ1) is 13.0. The van der Waals surface area contributed by atoms with Crippen molar-refractivity contribution in [3.8, 4) is 0 Å². The fraction of sp³-hybridized carbons (Fsp3) is 0.600. The van der Waals surface area contributed by atoms with E-state index in [-0.39, 0.29) is 31.7 Å². The lowest BCUT2D eigenvalue weighted by Crippen LogP contribution is -2.47. The van der Waals surface area contributed by atoms with Crippen molar-refractivity contribution in [2.75, 3.05) is 6.54 Å². The predicted octanol–water partition coefficient (Wildman–Crippen LogP) is 2.81. The summed E-state index contributed by atoms with van der Waals surface area (Å²) >= 11 is 0. The van der Waals surface area contributed by atoms with E-state index in [4.69, 9.17) is 9.47 Å². The number of nitrogens with zero attached hydrogens (tertiary/aromatic N) is 1. The summed E-state index contributed by atoms with van der Waals surface area (Å²) in [6.07, 6.45) is -1.48. The van der Waals surface area contributed by atoms with E-state index >= 15 is 0 Å². The van der Waals surface area contributed by atoms with E-state index in [1.54, 1.807) is 20.8 Å². The number of rotatable bonds is 3. The van der Waals surface area contributed by atoms with Gasteiger partial charge in [0, 0.05) is 12.0 Å². The van der Waals surface area contributed by atoms with Gasteiger partial charge < -0.3 is 14.6 Å². The molecule has 4 atom stereocenters. The minimum absolute atomic E-state index is 0.0783. The fourth-order valence-corrected chi connectivity index (χ4v) is 3.92. The van der Waals surface area contributed by atoms with Crippen LogP contribution in [0.2, 0.25) is 0 Å². The summed E-state index contributed by atoms with van der Waals surface area (Å²) in [5, 5.41) is 10.1. The number of esters is 1. The number of cyclic esters (lactones) is 1. The number of carbonyl (C=O) groups excluding carboxylic acids is 2. The lowest BCUT2D eigenvalue weighted by molar-refractivity contribution is -0.143. The molecule has 2 saturated heterocycles. The highest BCUT2D eigenvalue weighted by Crippen LogP contribution is 2.35. The van der Waals surface area contributed by atoms with Gasteiger partial charge in [0.05, 0.1) is 25.1 Å². The van der Waals surface area contributed by atoms with Gasteiger partial charge in [0.2, 0.25) is 0 Å². The molecule has 0 aliphatic carbocycles. The molecule has 0 spiro atoms. The number of likely N-dealkylation sites (tertiary alicyclic amines) is 1. The van der Waals surface area contributed by atoms with Crippen LogP contribution in [0.3, 0.4) is 0 Å². The molecule has 0 saturated carbocycles. The van der Waals surface area contributed by atoms with Crippen LogP contribution >= 0.6 is 0 Å². The minimum atomic E-state index is -0.760. The van der Waals surface area contributed by atoms with Crippen molar-refractivity contribution in [3.63, 3.8) is 0 Å². The molecule has 1 amide bonds. The van der Waals surface area contributed by atoms with Gasteiger partial charge in [0.15, 0.2) is 0 Å². The zero-order chi connectivity index (χ0) is 20.6. The molecule has 8 heteroatoms. The van der Waals surface area contributed by atoms with Crippen LogP contribution in [0.15, 0.2) is 18.2 Å². The lowest BCUT2D eigenvalue weighted by atomic mass is 9.88. The highest BCUT2D eigenvalue weighted by molar-refractivity contribution is 5.73. The van der Waals surface area contributed by atoms with Gasteiger partial charge in [0.25, 0.3) is 0 Å². The van der Waals surface area contributed by atoms with Crippen LogP contribution in [0.5, 0.6) is 0 Å². The Morgan fingerprint density at radius 1 is 1.29 bits per heavy atom. The molecule has 154 valence electrons. The quantitative estimate of drug-likeness (QED) is 0.794. The second-order valence-electron chi connectivity index (χ2n) is 8.49. The van der Waals surface area contributed by atoms with Gasteiger partial charge in [-0.15, -0.1) is 0 Å². The number of β-amino-alcohol motifs (C(OH)–C–C–N with tert-alkyl or cyclic N) is 1. The number of hydrogen-bond donors (Lipinski definition) is 1. The van der Waals surface area contributed by atoms with Crippen LogP contribution in [0.4, 0.5) is 13.6 Å². The summed E-state index contributed by atoms with van der Waals surface area (Å²) in [5.74, 6) is -2.18. The van der Waals surface area contributed by atoms with Crippen molar-refractivity contribution in [1.82, 2.24) is 4.90 Å². The third-order valence-electron chi connectivity index (χ3n) is 4.91. The summed E-state index contributed by atoms with van der Waals surface area (Å²) in [6.45, 7) is 5.30. The maximum atomic E-state index is 13.5. The van der Waals surface area contributed by atoms with E-state index in [1.165, 1.54) is 17.0 Å². The Kier molecular flexibility index (Phi) is 5.61. The minimum Gasteiger partial charge on any atom is -0.460 e. The highest BCUT2D eigenvalue weighted by atomic mass is 19.1. The number of benzene rings is 1. The van der Waals surface area contributed by atoms with Crippen LogP contribution in [-0.4, -0.2) is 52.5 Å². The molecule has 2 aliphatic rings. The second kappa shape index (κ2) is 7.66. The molecule has 0 bridgehead atoms. The summed E-state index contributed by atoms with van der Waals surface area (Å²) in [5.41, 5.74) is -0.298. The number of ether oxygens (including phenoxy) is 2. The van der Waals surface area contributed by atoms with Crippen LogP contribution in [-0.2, 0) is 20.7 Å². The van der Waals surface area contributed by atoms with E-state index in [2.05, 4.69) is 0 Å². The topological polar surface area (TPSA) is 76.1 Å². The maximum Gasteiger partial charge on any atom is 0.410 e. The zero-order valence-electron chi connectivity index (χ0n) is 16.2. The molecule has 2 aliphatic heterocycles. The molecular weight excluding hydrogens is 372 g/mol. The first kappa shape index (κ1) is 20.5. The van der Waals surface area contributed by atoms with Crippen LogP contribution in [0, 0.1) is 17.6 Å². The molecular formula is C20H25F2NO5. The number of aliphatic hydroxyl groups excluding tert-OH is 1. The van der Waals surface area contributed by atoms with Gasteiger partial charge in [-0.1, -0.05) is 0 Å². The molecule has 2 fully saturated rings. The second-order valence-corrected chi connectivity index (χ2v) is 8.49. The van der Waals surface area contributed by atoms with E-state index in [9.17, 15) is 23.5 Å². The normalized spacial score (nSPS) is 27.8. The zero-order valence-corrected chi connectivity index (χ0v) is 16.2. The highest BCUT2D eigenvalue weighted by Gasteiger charge is 2.48. The van der Waals surface area contributed by atoms with Gasteiger partial charge in [-0.05, 0) is 51.3 Å². The van der Waals surface area contributed by atoms with Gasteiger partial charge in [-0.25, -0.2) is 13.6 Å². The summed E-state index contributed by atoms with van der Waals surface area (Å²) < 4.78 is 37.9. The van der Waals surface area contributed by atoms with Gasteiger partial charge in [-0.2, -0.15) is 0 Å². The number of carbonyl (C=O) groups is 2. The molecule has 2 heterocycles. The number of hydrogen-bond acceptors (Lipinski definition) is 5. The summed E-state index contributed by atoms with van der Waals surface area (Å²) in [4.78, 5) is 25.9. The lowest BCUT2D eigenvalue weighted by Gasteiger charge is -2.32. The largest absolute Gasteiger partial charge is 0.460 e. The summed E-state index contributed by atoms with van der Waals surface area (Å²) in [6, 6.07) is 2.67. The van der Waals surface area contributed by atoms with E-state index in [0.717, 1.165) is 6.07 Å². The van der Waals surface area contributed by atoms with Gasteiger partial charge in [0.1, 0.15) is 23.3 Å². The molecule has 0 unspecified atom stereocenters. The monoisotopic (exact) mass is 397 g/mol. The molecule has 28 heavy (non-hydrogen) atoms. The smallest absolute Gasteiger partial charge is 0.410 e. The first-order valence-electron chi connectivity index (χ1n) is 9.34. The van der Waals surface area contributed by atoms with Crippen molar-refractivity contribution < 1.29 is 33.0 Å². The number of amides is 1. The maximum absolute atomic E-state index is 13.5. The molecule has 6 nitrogen and oxygen atoms in total. The SMILES string of the molecule is CC(C)(C)OC(=O)N1C[C@H](O)C[C@H]1[C@H]1OC(=O)C[C@H]1Cc1cc(F)cc(F)c1. The van der Waals surface area contributed by atoms with E-state index < -0.39 is 47.5 Å². The Morgan fingerprint density at radius 3 is 2.54 bits per heavy atom. The van der Waals surface area contributed by atoms with Crippen molar-refractivity contribution in [2.45, 2.75) is 63.9 Å². The van der Waals surface area contributed by atoms with Crippen LogP contribution in [0.25, 0.3) is 0 Å². The third kappa shape index (κ3) is 4.79. The average Bonchev–Trinajstić information content (AvgIpc) is 3.07.